The SMILES string of the molecule is C#CCOc1ccc(C=NN=C2NC(=O)CS2)cc1CC. The third kappa shape index (κ3) is 4.36. The Morgan fingerprint density at radius 2 is 2.43 bits per heavy atom. The van der Waals surface area contributed by atoms with Crippen LogP contribution >= 0.6 is 11.8 Å². The number of benzene rings is 1. The van der Waals surface area contributed by atoms with Crippen LogP contribution in [-0.2, 0) is 11.2 Å². The second-order valence-corrected chi connectivity index (χ2v) is 5.16. The molecule has 108 valence electrons. The van der Waals surface area contributed by atoms with Gasteiger partial charge >= 0.3 is 0 Å². The second-order valence-electron chi connectivity index (χ2n) is 4.20. The molecule has 1 aliphatic rings. The lowest BCUT2D eigenvalue weighted by Crippen LogP contribution is -2.19. The molecular weight excluding hydrogens is 286 g/mol. The molecule has 0 spiro atoms. The quantitative estimate of drug-likeness (QED) is 0.512. The van der Waals surface area contributed by atoms with E-state index in [9.17, 15) is 4.79 Å². The van der Waals surface area contributed by atoms with Crippen LogP contribution in [-0.4, -0.2) is 29.6 Å². The maximum absolute atomic E-state index is 11.0. The average Bonchev–Trinajstić information content (AvgIpc) is 2.91. The van der Waals surface area contributed by atoms with Crippen molar-refractivity contribution in [3.05, 3.63) is 29.3 Å². The molecule has 0 aliphatic carbocycles. The Morgan fingerprint density at radius 1 is 1.57 bits per heavy atom. The summed E-state index contributed by atoms with van der Waals surface area (Å²) in [6, 6.07) is 5.74. The predicted molar refractivity (Wildman–Crippen MR) is 85.8 cm³/mol. The molecule has 1 aromatic rings. The molecule has 0 saturated carbocycles. The Kier molecular flexibility index (Phi) is 5.41. The summed E-state index contributed by atoms with van der Waals surface area (Å²) in [5, 5.41) is 11.1. The lowest BCUT2D eigenvalue weighted by atomic mass is 10.1. The number of carbonyl (C=O) groups excluding carboxylic acids is 1. The minimum absolute atomic E-state index is 0.0442. The molecule has 2 rings (SSSR count). The third-order valence-electron chi connectivity index (χ3n) is 2.72. The molecule has 1 saturated heterocycles. The molecule has 0 unspecified atom stereocenters. The molecular formula is C15H15N3O2S. The standard InChI is InChI=1S/C15H15N3O2S/c1-3-7-20-13-6-5-11(8-12(13)4-2)9-16-18-15-17-14(19)10-21-15/h1,5-6,8-9H,4,7,10H2,2H3,(H,17,18,19). The van der Waals surface area contributed by atoms with Crippen LogP contribution < -0.4 is 10.1 Å². The first-order chi connectivity index (χ1) is 10.2. The van der Waals surface area contributed by atoms with E-state index in [0.29, 0.717) is 10.9 Å². The van der Waals surface area contributed by atoms with Gasteiger partial charge in [-0.2, -0.15) is 5.10 Å². The van der Waals surface area contributed by atoms with Crippen molar-refractivity contribution < 1.29 is 9.53 Å². The summed E-state index contributed by atoms with van der Waals surface area (Å²) in [5.41, 5.74) is 1.98. The fourth-order valence-electron chi connectivity index (χ4n) is 1.74. The van der Waals surface area contributed by atoms with Crippen LogP contribution in [0.2, 0.25) is 0 Å². The highest BCUT2D eigenvalue weighted by molar-refractivity contribution is 8.15. The largest absolute Gasteiger partial charge is 0.481 e. The van der Waals surface area contributed by atoms with Crippen LogP contribution in [0.5, 0.6) is 5.75 Å². The van der Waals surface area contributed by atoms with Gasteiger partial charge in [-0.05, 0) is 35.7 Å². The number of amidine groups is 1. The maximum atomic E-state index is 11.0. The third-order valence-corrected chi connectivity index (χ3v) is 3.58. The maximum Gasteiger partial charge on any atom is 0.236 e. The number of rotatable bonds is 5. The van der Waals surface area contributed by atoms with Gasteiger partial charge in [0.25, 0.3) is 0 Å². The number of terminal acetylenes is 1. The van der Waals surface area contributed by atoms with E-state index >= 15 is 0 Å². The van der Waals surface area contributed by atoms with E-state index in [1.54, 1.807) is 6.21 Å². The lowest BCUT2D eigenvalue weighted by molar-refractivity contribution is -0.116. The first-order valence-electron chi connectivity index (χ1n) is 6.45. The molecule has 5 nitrogen and oxygen atoms in total. The van der Waals surface area contributed by atoms with Crippen LogP contribution in [0, 0.1) is 12.3 Å². The van der Waals surface area contributed by atoms with Crippen molar-refractivity contribution in [3.8, 4) is 18.1 Å². The van der Waals surface area contributed by atoms with E-state index in [4.69, 9.17) is 11.2 Å². The van der Waals surface area contributed by atoms with Gasteiger partial charge in [0.05, 0.1) is 12.0 Å². The van der Waals surface area contributed by atoms with Crippen molar-refractivity contribution in [1.82, 2.24) is 5.32 Å². The minimum Gasteiger partial charge on any atom is -0.481 e. The number of hydrogen-bond acceptors (Lipinski definition) is 5. The van der Waals surface area contributed by atoms with Gasteiger partial charge in [-0.25, -0.2) is 0 Å². The zero-order chi connectivity index (χ0) is 15.1. The van der Waals surface area contributed by atoms with Crippen molar-refractivity contribution in [3.63, 3.8) is 0 Å². The van der Waals surface area contributed by atoms with E-state index < -0.39 is 0 Å². The monoisotopic (exact) mass is 301 g/mol. The van der Waals surface area contributed by atoms with Crippen LogP contribution in [0.1, 0.15) is 18.1 Å². The Hall–Kier alpha value is -2.26. The van der Waals surface area contributed by atoms with Crippen molar-refractivity contribution in [1.29, 1.82) is 0 Å². The zero-order valence-electron chi connectivity index (χ0n) is 11.6. The summed E-state index contributed by atoms with van der Waals surface area (Å²) in [5.74, 6) is 3.59. The molecule has 0 bridgehead atoms. The molecule has 1 amide bonds. The van der Waals surface area contributed by atoms with E-state index in [-0.39, 0.29) is 12.5 Å². The second kappa shape index (κ2) is 7.50. The number of aryl methyl sites for hydroxylation is 1. The number of carbonyl (C=O) groups is 1. The molecule has 1 aliphatic heterocycles. The van der Waals surface area contributed by atoms with Gasteiger partial charge in [-0.3, -0.25) is 4.79 Å². The van der Waals surface area contributed by atoms with Gasteiger partial charge in [0.2, 0.25) is 5.91 Å². The number of amides is 1. The highest BCUT2D eigenvalue weighted by atomic mass is 32.2. The smallest absolute Gasteiger partial charge is 0.236 e. The summed E-state index contributed by atoms with van der Waals surface area (Å²) in [6.45, 7) is 2.30. The van der Waals surface area contributed by atoms with Crippen LogP contribution in [0.3, 0.4) is 0 Å². The molecule has 1 heterocycles. The van der Waals surface area contributed by atoms with Gasteiger partial charge in [0, 0.05) is 0 Å². The number of hydrogen-bond donors (Lipinski definition) is 1. The van der Waals surface area contributed by atoms with E-state index in [1.165, 1.54) is 11.8 Å². The summed E-state index contributed by atoms with van der Waals surface area (Å²) < 4.78 is 5.47. The average molecular weight is 301 g/mol. The molecule has 0 atom stereocenters. The Bertz CT molecular complexity index is 632. The number of nitrogens with one attached hydrogen (secondary N) is 1. The van der Waals surface area contributed by atoms with Gasteiger partial charge in [-0.15, -0.1) is 11.5 Å². The van der Waals surface area contributed by atoms with E-state index in [2.05, 4.69) is 21.4 Å². The Labute approximate surface area is 127 Å². The number of nitrogens with zero attached hydrogens (tertiary/aromatic N) is 2. The van der Waals surface area contributed by atoms with Crippen molar-refractivity contribution in [2.45, 2.75) is 13.3 Å². The van der Waals surface area contributed by atoms with E-state index in [0.717, 1.165) is 23.3 Å². The number of thioether (sulfide) groups is 1. The first-order valence-corrected chi connectivity index (χ1v) is 7.44. The van der Waals surface area contributed by atoms with Crippen LogP contribution in [0.25, 0.3) is 0 Å². The highest BCUT2D eigenvalue weighted by Gasteiger charge is 2.15. The van der Waals surface area contributed by atoms with Gasteiger partial charge in [-0.1, -0.05) is 24.6 Å². The molecule has 0 aromatic heterocycles. The van der Waals surface area contributed by atoms with Crippen molar-refractivity contribution in [2.75, 3.05) is 12.4 Å². The van der Waals surface area contributed by atoms with Crippen molar-refractivity contribution >= 4 is 29.1 Å². The molecule has 1 N–H and O–H groups in total. The topological polar surface area (TPSA) is 63.1 Å². The van der Waals surface area contributed by atoms with Gasteiger partial charge in [0.1, 0.15) is 12.4 Å². The fraction of sp³-hybridized carbons (Fsp3) is 0.267. The van der Waals surface area contributed by atoms with Gasteiger partial charge in [0.15, 0.2) is 5.17 Å². The summed E-state index contributed by atoms with van der Waals surface area (Å²) >= 11 is 1.34. The predicted octanol–water partition coefficient (Wildman–Crippen LogP) is 1.81. The van der Waals surface area contributed by atoms with Gasteiger partial charge < -0.3 is 10.1 Å². The normalized spacial score (nSPS) is 16.2. The summed E-state index contributed by atoms with van der Waals surface area (Å²) in [4.78, 5) is 11.0. The van der Waals surface area contributed by atoms with Crippen LogP contribution in [0.15, 0.2) is 28.4 Å². The van der Waals surface area contributed by atoms with Crippen molar-refractivity contribution in [2.24, 2.45) is 10.2 Å². The lowest BCUT2D eigenvalue weighted by Gasteiger charge is -2.08. The highest BCUT2D eigenvalue weighted by Crippen LogP contribution is 2.20. The summed E-state index contributed by atoms with van der Waals surface area (Å²) in [6.07, 6.45) is 7.67. The fourth-order valence-corrected chi connectivity index (χ4v) is 2.37. The van der Waals surface area contributed by atoms with Crippen LogP contribution in [0.4, 0.5) is 0 Å². The molecule has 21 heavy (non-hydrogen) atoms. The Balaban J connectivity index is 2.07. The number of ether oxygens (including phenoxy) is 1. The minimum atomic E-state index is -0.0442. The molecule has 1 aromatic carbocycles. The Morgan fingerprint density at radius 3 is 3.10 bits per heavy atom. The molecule has 6 heteroatoms. The summed E-state index contributed by atoms with van der Waals surface area (Å²) in [7, 11) is 0. The zero-order valence-corrected chi connectivity index (χ0v) is 12.4. The van der Waals surface area contributed by atoms with E-state index in [1.807, 2.05) is 25.1 Å². The molecule has 1 fully saturated rings. The molecule has 0 radical (unpaired) electrons. The first kappa shape index (κ1) is 15.1.